The number of carbonyl (C=O) groups excluding carboxylic acids is 1. The lowest BCUT2D eigenvalue weighted by Gasteiger charge is -2.02. The largest absolute Gasteiger partial charge is 0.463 e. The van der Waals surface area contributed by atoms with Crippen molar-refractivity contribution in [2.24, 2.45) is 0 Å². The van der Waals surface area contributed by atoms with Crippen molar-refractivity contribution in [3.63, 3.8) is 0 Å². The van der Waals surface area contributed by atoms with Gasteiger partial charge in [-0.25, -0.2) is 4.79 Å². The van der Waals surface area contributed by atoms with E-state index in [0.717, 1.165) is 5.76 Å². The standard InChI is InChI=1S/C9H12O3S/c1-6(13-3)7-4-5-8(12-7)9(10)11-2/h4-6H,1-3H3. The van der Waals surface area contributed by atoms with Gasteiger partial charge >= 0.3 is 5.97 Å². The highest BCUT2D eigenvalue weighted by molar-refractivity contribution is 7.98. The van der Waals surface area contributed by atoms with Gasteiger partial charge in [-0.3, -0.25) is 0 Å². The third kappa shape index (κ3) is 2.28. The van der Waals surface area contributed by atoms with Crippen molar-refractivity contribution in [2.45, 2.75) is 12.2 Å². The van der Waals surface area contributed by atoms with Gasteiger partial charge in [-0.2, -0.15) is 11.8 Å². The van der Waals surface area contributed by atoms with Gasteiger partial charge in [-0.15, -0.1) is 0 Å². The maximum Gasteiger partial charge on any atom is 0.373 e. The summed E-state index contributed by atoms with van der Waals surface area (Å²) in [7, 11) is 1.34. The number of rotatable bonds is 3. The summed E-state index contributed by atoms with van der Waals surface area (Å²) in [6, 6.07) is 3.43. The maximum atomic E-state index is 11.0. The second-order valence-corrected chi connectivity index (χ2v) is 3.75. The van der Waals surface area contributed by atoms with Crippen molar-refractivity contribution in [3.05, 3.63) is 23.7 Å². The van der Waals surface area contributed by atoms with Crippen LogP contribution >= 0.6 is 11.8 Å². The molecule has 0 aliphatic heterocycles. The average molecular weight is 200 g/mol. The third-order valence-corrected chi connectivity index (χ3v) is 2.71. The number of thioether (sulfide) groups is 1. The molecule has 1 unspecified atom stereocenters. The zero-order chi connectivity index (χ0) is 9.84. The van der Waals surface area contributed by atoms with Crippen LogP contribution in [0, 0.1) is 0 Å². The molecule has 0 spiro atoms. The third-order valence-electron chi connectivity index (χ3n) is 1.77. The number of methoxy groups -OCH3 is 1. The summed E-state index contributed by atoms with van der Waals surface area (Å²) >= 11 is 1.66. The van der Waals surface area contributed by atoms with Crippen molar-refractivity contribution >= 4 is 17.7 Å². The molecule has 0 radical (unpaired) electrons. The van der Waals surface area contributed by atoms with E-state index in [1.165, 1.54) is 7.11 Å². The summed E-state index contributed by atoms with van der Waals surface area (Å²) in [6.45, 7) is 2.02. The molecular weight excluding hydrogens is 188 g/mol. The van der Waals surface area contributed by atoms with Gasteiger partial charge < -0.3 is 9.15 Å². The second kappa shape index (κ2) is 4.37. The fourth-order valence-corrected chi connectivity index (χ4v) is 1.26. The highest BCUT2D eigenvalue weighted by Gasteiger charge is 2.14. The summed E-state index contributed by atoms with van der Waals surface area (Å²) in [5, 5.41) is 0.262. The molecule has 3 nitrogen and oxygen atoms in total. The van der Waals surface area contributed by atoms with Crippen LogP contribution in [0.25, 0.3) is 0 Å². The molecule has 0 saturated heterocycles. The quantitative estimate of drug-likeness (QED) is 0.703. The first-order chi connectivity index (χ1) is 6.19. The number of furan rings is 1. The van der Waals surface area contributed by atoms with Gasteiger partial charge in [-0.1, -0.05) is 0 Å². The number of hydrogen-bond donors (Lipinski definition) is 0. The van der Waals surface area contributed by atoms with Crippen LogP contribution in [0.2, 0.25) is 0 Å². The molecule has 1 aromatic heterocycles. The predicted molar refractivity (Wildman–Crippen MR) is 52.0 cm³/mol. The molecule has 1 atom stereocenters. The maximum absolute atomic E-state index is 11.0. The molecule has 0 aromatic carbocycles. The van der Waals surface area contributed by atoms with Gasteiger partial charge in [0.2, 0.25) is 5.76 Å². The Bertz CT molecular complexity index is 293. The summed E-state index contributed by atoms with van der Waals surface area (Å²) in [5.41, 5.74) is 0. The monoisotopic (exact) mass is 200 g/mol. The van der Waals surface area contributed by atoms with E-state index in [2.05, 4.69) is 4.74 Å². The van der Waals surface area contributed by atoms with Crippen LogP contribution < -0.4 is 0 Å². The number of ether oxygens (including phenoxy) is 1. The molecule has 0 fully saturated rings. The molecule has 0 N–H and O–H groups in total. The number of carbonyl (C=O) groups is 1. The highest BCUT2D eigenvalue weighted by Crippen LogP contribution is 2.27. The molecule has 13 heavy (non-hydrogen) atoms. The Hall–Kier alpha value is -0.900. The van der Waals surface area contributed by atoms with E-state index in [9.17, 15) is 4.79 Å². The molecule has 0 saturated carbocycles. The van der Waals surface area contributed by atoms with Crippen LogP contribution in [-0.4, -0.2) is 19.3 Å². The lowest BCUT2D eigenvalue weighted by atomic mass is 10.3. The topological polar surface area (TPSA) is 39.4 Å². The Balaban J connectivity index is 2.80. The molecule has 0 aliphatic rings. The van der Waals surface area contributed by atoms with E-state index < -0.39 is 5.97 Å². The molecule has 0 amide bonds. The van der Waals surface area contributed by atoms with Crippen molar-refractivity contribution in [3.8, 4) is 0 Å². The van der Waals surface area contributed by atoms with Gasteiger partial charge in [0, 0.05) is 0 Å². The Labute approximate surface area is 81.4 Å². The van der Waals surface area contributed by atoms with Gasteiger partial charge in [0.15, 0.2) is 0 Å². The molecule has 4 heteroatoms. The average Bonchev–Trinajstić information content (AvgIpc) is 2.64. The van der Waals surface area contributed by atoms with Gasteiger partial charge in [0.25, 0.3) is 0 Å². The van der Waals surface area contributed by atoms with Gasteiger partial charge in [0.1, 0.15) is 5.76 Å². The van der Waals surface area contributed by atoms with E-state index in [1.54, 1.807) is 23.9 Å². The van der Waals surface area contributed by atoms with Crippen LogP contribution in [0.4, 0.5) is 0 Å². The molecule has 0 aliphatic carbocycles. The van der Waals surface area contributed by atoms with Crippen LogP contribution in [0.1, 0.15) is 28.5 Å². The fourth-order valence-electron chi connectivity index (χ4n) is 0.898. The van der Waals surface area contributed by atoms with E-state index in [4.69, 9.17) is 4.42 Å². The van der Waals surface area contributed by atoms with Crippen LogP contribution in [0.15, 0.2) is 16.5 Å². The molecule has 1 rings (SSSR count). The van der Waals surface area contributed by atoms with Crippen LogP contribution in [0.5, 0.6) is 0 Å². The molecule has 1 heterocycles. The zero-order valence-corrected chi connectivity index (χ0v) is 8.68. The van der Waals surface area contributed by atoms with Gasteiger partial charge in [-0.05, 0) is 25.3 Å². The van der Waals surface area contributed by atoms with E-state index in [0.29, 0.717) is 0 Å². The smallest absolute Gasteiger partial charge is 0.373 e. The first-order valence-electron chi connectivity index (χ1n) is 3.90. The van der Waals surface area contributed by atoms with Crippen molar-refractivity contribution < 1.29 is 13.9 Å². The fraction of sp³-hybridized carbons (Fsp3) is 0.444. The SMILES string of the molecule is COC(=O)c1ccc(C(C)SC)o1. The summed E-state index contributed by atoms with van der Waals surface area (Å²) < 4.78 is 9.82. The second-order valence-electron chi connectivity index (χ2n) is 2.57. The lowest BCUT2D eigenvalue weighted by molar-refractivity contribution is 0.0563. The van der Waals surface area contributed by atoms with Gasteiger partial charge in [0.05, 0.1) is 12.4 Å². The van der Waals surface area contributed by atoms with Crippen molar-refractivity contribution in [1.82, 2.24) is 0 Å². The Morgan fingerprint density at radius 2 is 2.31 bits per heavy atom. The van der Waals surface area contributed by atoms with E-state index >= 15 is 0 Å². The minimum Gasteiger partial charge on any atom is -0.463 e. The molecule has 1 aromatic rings. The van der Waals surface area contributed by atoms with E-state index in [-0.39, 0.29) is 11.0 Å². The predicted octanol–water partition coefficient (Wildman–Crippen LogP) is 2.49. The lowest BCUT2D eigenvalue weighted by Crippen LogP contribution is -1.98. The van der Waals surface area contributed by atoms with Crippen molar-refractivity contribution in [1.29, 1.82) is 0 Å². The van der Waals surface area contributed by atoms with Crippen LogP contribution in [0.3, 0.4) is 0 Å². The summed E-state index contributed by atoms with van der Waals surface area (Å²) in [4.78, 5) is 11.0. The molecule has 72 valence electrons. The number of hydrogen-bond acceptors (Lipinski definition) is 4. The Morgan fingerprint density at radius 3 is 2.85 bits per heavy atom. The van der Waals surface area contributed by atoms with E-state index in [1.807, 2.05) is 13.2 Å². The first-order valence-corrected chi connectivity index (χ1v) is 5.18. The Kier molecular flexibility index (Phi) is 3.42. The summed E-state index contributed by atoms with van der Waals surface area (Å²) in [5.74, 6) is 0.630. The Morgan fingerprint density at radius 1 is 1.62 bits per heavy atom. The highest BCUT2D eigenvalue weighted by atomic mass is 32.2. The van der Waals surface area contributed by atoms with Crippen molar-refractivity contribution in [2.75, 3.05) is 13.4 Å². The van der Waals surface area contributed by atoms with Crippen LogP contribution in [-0.2, 0) is 4.74 Å². The summed E-state index contributed by atoms with van der Waals surface area (Å²) in [6.07, 6.45) is 1.99. The normalized spacial score (nSPS) is 12.5. The molecular formula is C9H12O3S. The molecule has 0 bridgehead atoms. The minimum absolute atomic E-state index is 0.262. The number of esters is 1. The minimum atomic E-state index is -0.431. The zero-order valence-electron chi connectivity index (χ0n) is 7.87. The first kappa shape index (κ1) is 10.2.